The van der Waals surface area contributed by atoms with Gasteiger partial charge in [0.2, 0.25) is 0 Å². The van der Waals surface area contributed by atoms with E-state index < -0.39 is 5.97 Å². The van der Waals surface area contributed by atoms with Crippen molar-refractivity contribution in [3.63, 3.8) is 0 Å². The Labute approximate surface area is 168 Å². The van der Waals surface area contributed by atoms with Gasteiger partial charge in [-0.1, -0.05) is 96.8 Å². The van der Waals surface area contributed by atoms with E-state index in [1.807, 2.05) is 0 Å². The molecule has 0 saturated carbocycles. The topological polar surface area (TPSA) is 37.3 Å². The normalized spacial score (nSPS) is 9.86. The fraction of sp³-hybridized carbons (Fsp3) is 0.944. The molecule has 0 bridgehead atoms. The number of unbranched alkanes of at least 4 members (excludes halogenated alkanes) is 14. The van der Waals surface area contributed by atoms with Gasteiger partial charge in [0, 0.05) is 23.5 Å². The third kappa shape index (κ3) is 25.7. The summed E-state index contributed by atoms with van der Waals surface area (Å²) in [6, 6.07) is 0. The first-order valence-corrected chi connectivity index (χ1v) is 8.99. The fourth-order valence-electron chi connectivity index (χ4n) is 2.65. The second-order valence-corrected chi connectivity index (χ2v) is 6.09. The predicted octanol–water partition coefficient (Wildman–Crippen LogP) is 6.17. The molecule has 0 spiro atoms. The van der Waals surface area contributed by atoms with E-state index in [1.165, 1.54) is 83.5 Å². The maximum absolute atomic E-state index is 10.3. The number of rotatable bonds is 16. The second-order valence-electron chi connectivity index (χ2n) is 6.09. The molecule has 0 heterocycles. The summed E-state index contributed by atoms with van der Waals surface area (Å²) in [5.74, 6) is -0.653. The van der Waals surface area contributed by atoms with Crippen molar-refractivity contribution in [3.05, 3.63) is 0 Å². The molecule has 0 aliphatic heterocycles. The third-order valence-corrected chi connectivity index (χ3v) is 3.99. The molecule has 2 nitrogen and oxygen atoms in total. The summed E-state index contributed by atoms with van der Waals surface area (Å²) in [4.78, 5) is 10.3. The van der Waals surface area contributed by atoms with Crippen LogP contribution in [0.15, 0.2) is 0 Å². The van der Waals surface area contributed by atoms with E-state index in [1.54, 1.807) is 0 Å². The SMILES string of the molecule is CCCCCCCCCCCCCCCCCC(=O)O.[Cu].[H-].[H-].[Mg+2]. The molecule has 0 aromatic rings. The van der Waals surface area contributed by atoms with Crippen LogP contribution in [-0.4, -0.2) is 34.1 Å². The van der Waals surface area contributed by atoms with E-state index in [0.29, 0.717) is 6.42 Å². The van der Waals surface area contributed by atoms with Gasteiger partial charge in [-0.3, -0.25) is 4.79 Å². The molecule has 0 saturated heterocycles. The van der Waals surface area contributed by atoms with Crippen LogP contribution in [0.4, 0.5) is 0 Å². The monoisotopic (exact) mass is 373 g/mol. The summed E-state index contributed by atoms with van der Waals surface area (Å²) in [7, 11) is 0. The van der Waals surface area contributed by atoms with Gasteiger partial charge in [0.1, 0.15) is 0 Å². The zero-order valence-corrected chi connectivity index (χ0v) is 17.0. The molecule has 0 atom stereocenters. The first-order chi connectivity index (χ1) is 9.77. The van der Waals surface area contributed by atoms with Crippen LogP contribution in [0.25, 0.3) is 0 Å². The molecule has 22 heavy (non-hydrogen) atoms. The first-order valence-electron chi connectivity index (χ1n) is 8.99. The number of carbonyl (C=O) groups is 1. The van der Waals surface area contributed by atoms with Crippen LogP contribution in [0, 0.1) is 0 Å². The summed E-state index contributed by atoms with van der Waals surface area (Å²) in [5, 5.41) is 8.52. The zero-order valence-electron chi connectivity index (χ0n) is 16.7. The molecule has 0 rings (SSSR count). The molecule has 0 aromatic heterocycles. The Morgan fingerprint density at radius 2 is 0.955 bits per heavy atom. The van der Waals surface area contributed by atoms with Gasteiger partial charge in [0.15, 0.2) is 0 Å². The smallest absolute Gasteiger partial charge is 1.00 e. The summed E-state index contributed by atoms with van der Waals surface area (Å²) >= 11 is 0. The minimum atomic E-state index is -0.653. The standard InChI is InChI=1S/C18H36O2.Cu.Mg.2H/c1-2-3-4-5-6-7-8-9-10-11-12-13-14-15-16-17-18(19)20;;;;/h2-17H2,1H3,(H,19,20);;;;/q;;+2;2*-1. The van der Waals surface area contributed by atoms with Crippen LogP contribution in [-0.2, 0) is 21.9 Å². The van der Waals surface area contributed by atoms with Crippen LogP contribution in [0.5, 0.6) is 0 Å². The molecular weight excluding hydrogens is 336 g/mol. The van der Waals surface area contributed by atoms with Gasteiger partial charge in [-0.2, -0.15) is 0 Å². The molecule has 1 N–H and O–H groups in total. The van der Waals surface area contributed by atoms with Crippen molar-refractivity contribution in [1.82, 2.24) is 0 Å². The predicted molar refractivity (Wildman–Crippen MR) is 95.2 cm³/mol. The van der Waals surface area contributed by atoms with Crippen molar-refractivity contribution in [3.8, 4) is 0 Å². The van der Waals surface area contributed by atoms with Crippen molar-refractivity contribution in [2.24, 2.45) is 0 Å². The molecule has 0 amide bonds. The number of carboxylic acid groups (broad SMARTS) is 1. The van der Waals surface area contributed by atoms with Crippen molar-refractivity contribution in [2.75, 3.05) is 0 Å². The Morgan fingerprint density at radius 1 is 0.682 bits per heavy atom. The van der Waals surface area contributed by atoms with Crippen molar-refractivity contribution < 1.29 is 29.8 Å². The zero-order chi connectivity index (χ0) is 14.9. The minimum absolute atomic E-state index is 0. The number of aliphatic carboxylic acids is 1. The summed E-state index contributed by atoms with van der Waals surface area (Å²) in [6.07, 6.45) is 20.2. The van der Waals surface area contributed by atoms with Crippen molar-refractivity contribution in [2.45, 2.75) is 110 Å². The van der Waals surface area contributed by atoms with E-state index in [0.717, 1.165) is 12.8 Å². The Hall–Kier alpha value is 0.756. The molecule has 1 radical (unpaired) electrons. The van der Waals surface area contributed by atoms with Gasteiger partial charge < -0.3 is 7.96 Å². The van der Waals surface area contributed by atoms with E-state index in [2.05, 4.69) is 6.92 Å². The molecule has 0 fully saturated rings. The van der Waals surface area contributed by atoms with Gasteiger partial charge in [0.05, 0.1) is 0 Å². The van der Waals surface area contributed by atoms with Gasteiger partial charge >= 0.3 is 29.0 Å². The quantitative estimate of drug-likeness (QED) is 0.259. The van der Waals surface area contributed by atoms with Gasteiger partial charge in [-0.25, -0.2) is 0 Å². The van der Waals surface area contributed by atoms with Crippen molar-refractivity contribution in [1.29, 1.82) is 0 Å². The fourth-order valence-corrected chi connectivity index (χ4v) is 2.65. The van der Waals surface area contributed by atoms with E-state index in [4.69, 9.17) is 5.11 Å². The maximum Gasteiger partial charge on any atom is 2.00 e. The van der Waals surface area contributed by atoms with Gasteiger partial charge in [0.25, 0.3) is 0 Å². The average molecular weight is 374 g/mol. The second kappa shape index (κ2) is 24.0. The third-order valence-electron chi connectivity index (χ3n) is 3.99. The summed E-state index contributed by atoms with van der Waals surface area (Å²) < 4.78 is 0. The van der Waals surface area contributed by atoms with Crippen LogP contribution in [0.1, 0.15) is 113 Å². The average Bonchev–Trinajstić information content (AvgIpc) is 2.43. The Bertz CT molecular complexity index is 223. The van der Waals surface area contributed by atoms with E-state index >= 15 is 0 Å². The maximum atomic E-state index is 10.3. The van der Waals surface area contributed by atoms with Crippen LogP contribution in [0.3, 0.4) is 0 Å². The number of hydrogen-bond acceptors (Lipinski definition) is 1. The molecule has 0 unspecified atom stereocenters. The van der Waals surface area contributed by atoms with Crippen LogP contribution >= 0.6 is 0 Å². The van der Waals surface area contributed by atoms with E-state index in [-0.39, 0.29) is 43.0 Å². The molecule has 0 aromatic carbocycles. The first kappa shape index (κ1) is 27.6. The van der Waals surface area contributed by atoms with Gasteiger partial charge in [-0.05, 0) is 6.42 Å². The van der Waals surface area contributed by atoms with Gasteiger partial charge in [-0.15, -0.1) is 0 Å². The minimum Gasteiger partial charge on any atom is -1.00 e. The summed E-state index contributed by atoms with van der Waals surface area (Å²) in [5.41, 5.74) is 0. The van der Waals surface area contributed by atoms with Crippen LogP contribution < -0.4 is 0 Å². The Balaban J connectivity index is -0.000000301. The largest absolute Gasteiger partial charge is 2.00 e. The molecule has 4 heteroatoms. The Kier molecular flexibility index (Phi) is 30.1. The summed E-state index contributed by atoms with van der Waals surface area (Å²) in [6.45, 7) is 2.27. The molecule has 0 aliphatic rings. The van der Waals surface area contributed by atoms with E-state index in [9.17, 15) is 4.79 Å². The molecule has 135 valence electrons. The van der Waals surface area contributed by atoms with Crippen molar-refractivity contribution >= 4 is 29.0 Å². The molecular formula is C18H38CuMgO2. The number of carboxylic acids is 1. The number of hydrogen-bond donors (Lipinski definition) is 1. The van der Waals surface area contributed by atoms with Crippen LogP contribution in [0.2, 0.25) is 0 Å². The Morgan fingerprint density at radius 3 is 1.23 bits per heavy atom. The molecule has 0 aliphatic carbocycles.